The van der Waals surface area contributed by atoms with Crippen molar-refractivity contribution >= 4 is 5.91 Å². The average Bonchev–Trinajstić information content (AvgIpc) is 2.57. The summed E-state index contributed by atoms with van der Waals surface area (Å²) in [5, 5.41) is 13.4. The summed E-state index contributed by atoms with van der Waals surface area (Å²) < 4.78 is 13.0. The zero-order valence-electron chi connectivity index (χ0n) is 14.7. The average molecular weight is 336 g/mol. The number of halogens is 1. The van der Waals surface area contributed by atoms with Crippen LogP contribution < -0.4 is 5.32 Å². The van der Waals surface area contributed by atoms with Crippen LogP contribution in [0.1, 0.15) is 51.2 Å². The number of aliphatic hydroxyl groups excluding tert-OH is 1. The van der Waals surface area contributed by atoms with Gasteiger partial charge in [0, 0.05) is 25.7 Å². The molecule has 4 nitrogen and oxygen atoms in total. The van der Waals surface area contributed by atoms with Crippen LogP contribution in [0.3, 0.4) is 0 Å². The summed E-state index contributed by atoms with van der Waals surface area (Å²) >= 11 is 0. The minimum atomic E-state index is -0.671. The molecule has 0 radical (unpaired) electrons. The highest BCUT2D eigenvalue weighted by Gasteiger charge is 2.30. The van der Waals surface area contributed by atoms with Crippen molar-refractivity contribution in [1.29, 1.82) is 0 Å². The number of likely N-dealkylation sites (tertiary alicyclic amines) is 1. The topological polar surface area (TPSA) is 52.6 Å². The van der Waals surface area contributed by atoms with Crippen LogP contribution in [0.2, 0.25) is 0 Å². The van der Waals surface area contributed by atoms with Gasteiger partial charge < -0.3 is 10.4 Å². The molecule has 0 saturated carbocycles. The van der Waals surface area contributed by atoms with Crippen LogP contribution >= 0.6 is 0 Å². The second kappa shape index (κ2) is 9.14. The van der Waals surface area contributed by atoms with Crippen LogP contribution in [0.4, 0.5) is 4.39 Å². The Morgan fingerprint density at radius 1 is 1.38 bits per heavy atom. The van der Waals surface area contributed by atoms with Crippen molar-refractivity contribution in [2.75, 3.05) is 19.6 Å². The van der Waals surface area contributed by atoms with E-state index in [1.807, 2.05) is 0 Å². The molecule has 1 fully saturated rings. The number of hydrogen-bond donors (Lipinski definition) is 2. The molecule has 1 aromatic rings. The van der Waals surface area contributed by atoms with Crippen molar-refractivity contribution < 1.29 is 14.3 Å². The van der Waals surface area contributed by atoms with Crippen LogP contribution in [0.15, 0.2) is 24.3 Å². The molecule has 0 aromatic heterocycles. The van der Waals surface area contributed by atoms with E-state index in [2.05, 4.69) is 24.1 Å². The predicted octanol–water partition coefficient (Wildman–Crippen LogP) is 2.88. The number of unbranched alkanes of at least 4 members (excludes halogenated alkanes) is 1. The van der Waals surface area contributed by atoms with E-state index < -0.39 is 6.10 Å². The third-order valence-corrected chi connectivity index (χ3v) is 4.87. The number of β-amino-alcohol motifs (C(OH)–C–C–N with tert-alkyl or cyclic N) is 1. The lowest BCUT2D eigenvalue weighted by Crippen LogP contribution is -2.48. The maximum atomic E-state index is 13.0. The first kappa shape index (κ1) is 18.9. The number of piperidine rings is 1. The lowest BCUT2D eigenvalue weighted by atomic mass is 9.92. The molecule has 134 valence electrons. The fourth-order valence-corrected chi connectivity index (χ4v) is 3.19. The van der Waals surface area contributed by atoms with Gasteiger partial charge in [-0.2, -0.15) is 0 Å². The largest absolute Gasteiger partial charge is 0.387 e. The molecule has 1 aliphatic heterocycles. The maximum absolute atomic E-state index is 13.0. The molecule has 0 aliphatic carbocycles. The highest BCUT2D eigenvalue weighted by Crippen LogP contribution is 2.25. The van der Waals surface area contributed by atoms with Gasteiger partial charge in [0.1, 0.15) is 5.82 Å². The molecule has 2 rings (SSSR count). The number of carbonyl (C=O) groups is 1. The normalized spacial score (nSPS) is 23.0. The summed E-state index contributed by atoms with van der Waals surface area (Å²) in [5.74, 6) is -0.198. The Kier molecular flexibility index (Phi) is 7.18. The smallest absolute Gasteiger partial charge is 0.224 e. The van der Waals surface area contributed by atoms with E-state index in [1.54, 1.807) is 12.1 Å². The van der Waals surface area contributed by atoms with E-state index in [9.17, 15) is 14.3 Å². The molecule has 2 N–H and O–H groups in total. The van der Waals surface area contributed by atoms with Crippen LogP contribution in [0, 0.1) is 11.7 Å². The number of nitrogens with one attached hydrogen (secondary N) is 1. The first-order valence-electron chi connectivity index (χ1n) is 8.96. The van der Waals surface area contributed by atoms with Crippen molar-refractivity contribution in [3.63, 3.8) is 0 Å². The van der Waals surface area contributed by atoms with Gasteiger partial charge in [-0.15, -0.1) is 0 Å². The molecule has 1 aromatic carbocycles. The Hall–Kier alpha value is -1.46. The number of aliphatic hydroxyl groups is 1. The number of benzene rings is 1. The molecule has 3 atom stereocenters. The van der Waals surface area contributed by atoms with Gasteiger partial charge in [-0.05, 0) is 43.9 Å². The van der Waals surface area contributed by atoms with Gasteiger partial charge in [0.25, 0.3) is 0 Å². The van der Waals surface area contributed by atoms with E-state index in [-0.39, 0.29) is 17.6 Å². The second-order valence-electron chi connectivity index (χ2n) is 6.79. The minimum absolute atomic E-state index is 0.0153. The molecule has 1 heterocycles. The first-order chi connectivity index (χ1) is 11.5. The van der Waals surface area contributed by atoms with Gasteiger partial charge in [-0.3, -0.25) is 9.69 Å². The molecule has 24 heavy (non-hydrogen) atoms. The van der Waals surface area contributed by atoms with Gasteiger partial charge in [0.05, 0.1) is 12.0 Å². The third kappa shape index (κ3) is 5.28. The van der Waals surface area contributed by atoms with Gasteiger partial charge in [0.2, 0.25) is 5.91 Å². The highest BCUT2D eigenvalue weighted by molar-refractivity contribution is 5.78. The summed E-state index contributed by atoms with van der Waals surface area (Å²) in [4.78, 5) is 14.4. The Labute approximate surface area is 144 Å². The van der Waals surface area contributed by atoms with Crippen LogP contribution in [0.25, 0.3) is 0 Å². The number of nitrogens with zero attached hydrogens (tertiary/aromatic N) is 1. The third-order valence-electron chi connectivity index (χ3n) is 4.87. The molecular weight excluding hydrogens is 307 g/mol. The molecule has 5 heteroatoms. The van der Waals surface area contributed by atoms with Crippen LogP contribution in [0.5, 0.6) is 0 Å². The lowest BCUT2D eigenvalue weighted by molar-refractivity contribution is -0.127. The van der Waals surface area contributed by atoms with Crippen LogP contribution in [-0.2, 0) is 4.79 Å². The standard InChI is InChI=1S/C19H29FN2O2/c1-3-4-11-21-19(24)16-6-5-14(2)22(12-16)13-18(23)15-7-9-17(20)10-8-15/h7-10,14,16,18,23H,3-6,11-13H2,1-2H3,(H,21,24). The van der Waals surface area contributed by atoms with E-state index in [4.69, 9.17) is 0 Å². The summed E-state index contributed by atoms with van der Waals surface area (Å²) in [5.41, 5.74) is 0.707. The lowest BCUT2D eigenvalue weighted by Gasteiger charge is -2.38. The minimum Gasteiger partial charge on any atom is -0.387 e. The molecule has 0 spiro atoms. The van der Waals surface area contributed by atoms with Gasteiger partial charge >= 0.3 is 0 Å². The van der Waals surface area contributed by atoms with Crippen molar-refractivity contribution in [1.82, 2.24) is 10.2 Å². The zero-order valence-corrected chi connectivity index (χ0v) is 14.7. The quantitative estimate of drug-likeness (QED) is 0.753. The predicted molar refractivity (Wildman–Crippen MR) is 93.0 cm³/mol. The number of amides is 1. The Morgan fingerprint density at radius 2 is 2.08 bits per heavy atom. The fraction of sp³-hybridized carbons (Fsp3) is 0.632. The van der Waals surface area contributed by atoms with E-state index >= 15 is 0 Å². The number of rotatable bonds is 7. The Bertz CT molecular complexity index is 521. The summed E-state index contributed by atoms with van der Waals surface area (Å²) in [6.45, 7) is 6.10. The van der Waals surface area contributed by atoms with E-state index in [1.165, 1.54) is 12.1 Å². The Balaban J connectivity index is 1.90. The number of hydrogen-bond acceptors (Lipinski definition) is 3. The second-order valence-corrected chi connectivity index (χ2v) is 6.79. The Morgan fingerprint density at radius 3 is 2.75 bits per heavy atom. The molecule has 3 unspecified atom stereocenters. The van der Waals surface area contributed by atoms with Crippen molar-refractivity contribution in [2.45, 2.75) is 51.7 Å². The van der Waals surface area contributed by atoms with Gasteiger partial charge in [0.15, 0.2) is 0 Å². The van der Waals surface area contributed by atoms with Gasteiger partial charge in [-0.25, -0.2) is 4.39 Å². The fourth-order valence-electron chi connectivity index (χ4n) is 3.19. The highest BCUT2D eigenvalue weighted by atomic mass is 19.1. The van der Waals surface area contributed by atoms with E-state index in [0.29, 0.717) is 24.7 Å². The SMILES string of the molecule is CCCCNC(=O)C1CCC(C)N(CC(O)c2ccc(F)cc2)C1. The first-order valence-corrected chi connectivity index (χ1v) is 8.96. The zero-order chi connectivity index (χ0) is 17.5. The summed E-state index contributed by atoms with van der Waals surface area (Å²) in [6.07, 6.45) is 3.24. The van der Waals surface area contributed by atoms with Gasteiger partial charge in [-0.1, -0.05) is 25.5 Å². The molecular formula is C19H29FN2O2. The summed E-state index contributed by atoms with van der Waals surface area (Å²) in [7, 11) is 0. The van der Waals surface area contributed by atoms with Crippen molar-refractivity contribution in [3.05, 3.63) is 35.6 Å². The van der Waals surface area contributed by atoms with Crippen molar-refractivity contribution in [2.24, 2.45) is 5.92 Å². The van der Waals surface area contributed by atoms with E-state index in [0.717, 1.165) is 32.2 Å². The molecule has 0 bridgehead atoms. The number of carbonyl (C=O) groups excluding carboxylic acids is 1. The molecule has 1 amide bonds. The van der Waals surface area contributed by atoms with Crippen LogP contribution in [-0.4, -0.2) is 41.6 Å². The molecule has 1 aliphatic rings. The monoisotopic (exact) mass is 336 g/mol. The molecule has 1 saturated heterocycles. The maximum Gasteiger partial charge on any atom is 0.224 e. The van der Waals surface area contributed by atoms with Crippen molar-refractivity contribution in [3.8, 4) is 0 Å². The summed E-state index contributed by atoms with van der Waals surface area (Å²) in [6, 6.07) is 6.29.